The molecule has 7 nitrogen and oxygen atoms in total. The number of nitrogens with zero attached hydrogens (tertiary/aromatic N) is 3. The summed E-state index contributed by atoms with van der Waals surface area (Å²) in [5.41, 5.74) is 2.07. The molecule has 4 aromatic rings. The van der Waals surface area contributed by atoms with Gasteiger partial charge in [0.2, 0.25) is 6.79 Å². The molecule has 0 bridgehead atoms. The highest BCUT2D eigenvalue weighted by Gasteiger charge is 2.15. The van der Waals surface area contributed by atoms with Gasteiger partial charge in [-0.1, -0.05) is 47.4 Å². The molecule has 2 heterocycles. The summed E-state index contributed by atoms with van der Waals surface area (Å²) < 4.78 is 18.8. The second-order valence-corrected chi connectivity index (χ2v) is 9.64. The lowest BCUT2D eigenvalue weighted by molar-refractivity contribution is 0.174. The van der Waals surface area contributed by atoms with Gasteiger partial charge in [0, 0.05) is 10.4 Å². The SMILES string of the molecule is CC(C)c1nc2ccc(Br)cc2c(=O)n1N=Cc1ccc(OCc2ccc3c(c2)OCO3)c(Cl)c1. The van der Waals surface area contributed by atoms with E-state index in [1.54, 1.807) is 24.4 Å². The molecule has 0 N–H and O–H groups in total. The summed E-state index contributed by atoms with van der Waals surface area (Å²) in [6, 6.07) is 16.5. The number of halogens is 2. The summed E-state index contributed by atoms with van der Waals surface area (Å²) in [4.78, 5) is 17.8. The Hall–Kier alpha value is -3.36. The van der Waals surface area contributed by atoms with Crippen LogP contribution in [0.3, 0.4) is 0 Å². The number of hydrogen-bond donors (Lipinski definition) is 0. The van der Waals surface area contributed by atoms with E-state index < -0.39 is 0 Å². The van der Waals surface area contributed by atoms with E-state index in [4.69, 9.17) is 25.8 Å². The van der Waals surface area contributed by atoms with Gasteiger partial charge in [0.15, 0.2) is 11.5 Å². The van der Waals surface area contributed by atoms with E-state index in [9.17, 15) is 4.79 Å². The van der Waals surface area contributed by atoms with Crippen molar-refractivity contribution in [2.24, 2.45) is 5.10 Å². The molecule has 0 radical (unpaired) electrons. The Balaban J connectivity index is 1.38. The Morgan fingerprint density at radius 2 is 1.97 bits per heavy atom. The van der Waals surface area contributed by atoms with E-state index >= 15 is 0 Å². The molecule has 3 aromatic carbocycles. The van der Waals surface area contributed by atoms with Crippen LogP contribution in [0.1, 0.15) is 36.7 Å². The van der Waals surface area contributed by atoms with Crippen LogP contribution in [0, 0.1) is 0 Å². The van der Waals surface area contributed by atoms with E-state index in [-0.39, 0.29) is 18.3 Å². The molecule has 0 unspecified atom stereocenters. The summed E-state index contributed by atoms with van der Waals surface area (Å²) in [7, 11) is 0. The van der Waals surface area contributed by atoms with Gasteiger partial charge in [-0.3, -0.25) is 4.79 Å². The maximum absolute atomic E-state index is 13.2. The zero-order chi connectivity index (χ0) is 24.5. The maximum Gasteiger partial charge on any atom is 0.282 e. The fourth-order valence-electron chi connectivity index (χ4n) is 3.68. The summed E-state index contributed by atoms with van der Waals surface area (Å²) in [5, 5.41) is 5.38. The number of fused-ring (bicyclic) bond motifs is 2. The van der Waals surface area contributed by atoms with Crippen molar-refractivity contribution >= 4 is 44.6 Å². The van der Waals surface area contributed by atoms with Crippen molar-refractivity contribution in [3.63, 3.8) is 0 Å². The van der Waals surface area contributed by atoms with E-state index in [1.165, 1.54) is 4.68 Å². The van der Waals surface area contributed by atoms with Gasteiger partial charge in [-0.05, 0) is 59.7 Å². The van der Waals surface area contributed by atoms with Crippen LogP contribution in [-0.4, -0.2) is 22.7 Å². The molecule has 1 aromatic heterocycles. The molecule has 0 atom stereocenters. The van der Waals surface area contributed by atoms with Crippen LogP contribution in [0.25, 0.3) is 10.9 Å². The third kappa shape index (κ3) is 4.90. The lowest BCUT2D eigenvalue weighted by atomic mass is 10.2. The molecule has 35 heavy (non-hydrogen) atoms. The zero-order valence-electron chi connectivity index (χ0n) is 19.0. The standard InChI is InChI=1S/C26H21BrClN3O4/c1-15(2)25-30-21-6-5-18(27)11-19(21)26(32)31(25)29-12-16-3-7-22(20(28)9-16)33-13-17-4-8-23-24(10-17)35-14-34-23/h3-12,15H,13-14H2,1-2H3. The minimum Gasteiger partial charge on any atom is -0.487 e. The van der Waals surface area contributed by atoms with Crippen molar-refractivity contribution in [1.82, 2.24) is 9.66 Å². The summed E-state index contributed by atoms with van der Waals surface area (Å²) in [6.07, 6.45) is 1.59. The molecule has 0 spiro atoms. The third-order valence-electron chi connectivity index (χ3n) is 5.46. The normalized spacial score (nSPS) is 12.7. The smallest absolute Gasteiger partial charge is 0.282 e. The first-order chi connectivity index (χ1) is 16.9. The number of aromatic nitrogens is 2. The van der Waals surface area contributed by atoms with Crippen LogP contribution in [0.15, 0.2) is 69.0 Å². The van der Waals surface area contributed by atoms with Crippen LogP contribution in [0.4, 0.5) is 0 Å². The Bertz CT molecular complexity index is 1520. The molecule has 5 rings (SSSR count). The summed E-state index contributed by atoms with van der Waals surface area (Å²) in [6.45, 7) is 4.50. The van der Waals surface area contributed by atoms with Crippen molar-refractivity contribution in [2.75, 3.05) is 6.79 Å². The monoisotopic (exact) mass is 553 g/mol. The molecule has 0 fully saturated rings. The highest BCUT2D eigenvalue weighted by Crippen LogP contribution is 2.33. The van der Waals surface area contributed by atoms with Crippen LogP contribution < -0.4 is 19.8 Å². The van der Waals surface area contributed by atoms with Crippen LogP contribution in [-0.2, 0) is 6.61 Å². The summed E-state index contributed by atoms with van der Waals surface area (Å²) in [5.74, 6) is 2.55. The van der Waals surface area contributed by atoms with E-state index in [0.717, 1.165) is 21.3 Å². The van der Waals surface area contributed by atoms with Gasteiger partial charge in [-0.25, -0.2) is 4.98 Å². The number of ether oxygens (including phenoxy) is 3. The number of rotatable bonds is 6. The van der Waals surface area contributed by atoms with Gasteiger partial charge >= 0.3 is 0 Å². The third-order valence-corrected chi connectivity index (χ3v) is 6.25. The minimum atomic E-state index is -0.231. The first-order valence-electron chi connectivity index (χ1n) is 11.0. The molecule has 9 heteroatoms. The van der Waals surface area contributed by atoms with Gasteiger partial charge in [0.1, 0.15) is 18.2 Å². The zero-order valence-corrected chi connectivity index (χ0v) is 21.3. The second kappa shape index (κ2) is 9.71. The fourth-order valence-corrected chi connectivity index (χ4v) is 4.29. The molecular formula is C26H21BrClN3O4. The first kappa shape index (κ1) is 23.4. The predicted molar refractivity (Wildman–Crippen MR) is 139 cm³/mol. The Morgan fingerprint density at radius 3 is 2.77 bits per heavy atom. The van der Waals surface area contributed by atoms with Gasteiger partial charge in [-0.2, -0.15) is 9.78 Å². The predicted octanol–water partition coefficient (Wildman–Crippen LogP) is 6.13. The molecule has 0 amide bonds. The van der Waals surface area contributed by atoms with Crippen molar-refractivity contribution in [1.29, 1.82) is 0 Å². The van der Waals surface area contributed by atoms with Gasteiger partial charge in [-0.15, -0.1) is 0 Å². The van der Waals surface area contributed by atoms with Crippen molar-refractivity contribution < 1.29 is 14.2 Å². The number of hydrogen-bond acceptors (Lipinski definition) is 6. The first-order valence-corrected chi connectivity index (χ1v) is 12.1. The van der Waals surface area contributed by atoms with E-state index in [2.05, 4.69) is 26.0 Å². The second-order valence-electron chi connectivity index (χ2n) is 8.31. The molecular weight excluding hydrogens is 534 g/mol. The average Bonchev–Trinajstić information content (AvgIpc) is 3.31. The Labute approximate surface area is 215 Å². The lowest BCUT2D eigenvalue weighted by Gasteiger charge is -2.12. The van der Waals surface area contributed by atoms with Crippen LogP contribution >= 0.6 is 27.5 Å². The highest BCUT2D eigenvalue weighted by molar-refractivity contribution is 9.10. The van der Waals surface area contributed by atoms with Gasteiger partial charge < -0.3 is 14.2 Å². The minimum absolute atomic E-state index is 0.00319. The molecule has 0 saturated carbocycles. The average molecular weight is 555 g/mol. The highest BCUT2D eigenvalue weighted by atomic mass is 79.9. The molecule has 1 aliphatic heterocycles. The van der Waals surface area contributed by atoms with Crippen molar-refractivity contribution in [3.8, 4) is 17.2 Å². The summed E-state index contributed by atoms with van der Waals surface area (Å²) >= 11 is 9.88. The Morgan fingerprint density at radius 1 is 1.14 bits per heavy atom. The molecule has 178 valence electrons. The van der Waals surface area contributed by atoms with E-state index in [0.29, 0.717) is 39.9 Å². The van der Waals surface area contributed by atoms with Gasteiger partial charge in [0.25, 0.3) is 5.56 Å². The maximum atomic E-state index is 13.2. The van der Waals surface area contributed by atoms with E-state index in [1.807, 2.05) is 50.2 Å². The largest absolute Gasteiger partial charge is 0.487 e. The van der Waals surface area contributed by atoms with Crippen LogP contribution in [0.5, 0.6) is 17.2 Å². The Kier molecular flexibility index (Phi) is 6.49. The lowest BCUT2D eigenvalue weighted by Crippen LogP contribution is -2.23. The van der Waals surface area contributed by atoms with Crippen LogP contribution in [0.2, 0.25) is 5.02 Å². The molecule has 1 aliphatic rings. The van der Waals surface area contributed by atoms with Crippen molar-refractivity contribution in [3.05, 3.63) is 91.4 Å². The van der Waals surface area contributed by atoms with Gasteiger partial charge in [0.05, 0.1) is 22.1 Å². The van der Waals surface area contributed by atoms with Crippen molar-refractivity contribution in [2.45, 2.75) is 26.4 Å². The number of benzene rings is 3. The molecule has 0 aliphatic carbocycles. The topological polar surface area (TPSA) is 74.9 Å². The molecule has 0 saturated heterocycles. The quantitative estimate of drug-likeness (QED) is 0.268. The fraction of sp³-hybridized carbons (Fsp3) is 0.192.